The molecule has 5 heteroatoms. The van der Waals surface area contributed by atoms with Crippen molar-refractivity contribution in [1.29, 1.82) is 0 Å². The van der Waals surface area contributed by atoms with E-state index in [1.165, 1.54) is 0 Å². The van der Waals surface area contributed by atoms with Crippen LogP contribution in [-0.2, 0) is 26.2 Å². The molecule has 0 fully saturated rings. The molecule has 0 amide bonds. The molecular weight excluding hydrogens is 276 g/mol. The molecule has 11 heavy (non-hydrogen) atoms. The number of hydrogen-bond donors (Lipinski definition) is 0. The minimum Gasteiger partial charge on any atom is -1.00 e. The van der Waals surface area contributed by atoms with E-state index in [2.05, 4.69) is 13.1 Å². The van der Waals surface area contributed by atoms with Gasteiger partial charge >= 0.3 is 26.2 Å². The van der Waals surface area contributed by atoms with Gasteiger partial charge in [-0.05, 0) is 0 Å². The van der Waals surface area contributed by atoms with Gasteiger partial charge in [-0.25, -0.2) is 0 Å². The zero-order chi connectivity index (χ0) is 7.21. The minimum absolute atomic E-state index is 0. The number of hydrogen-bond acceptors (Lipinski definition) is 0. The van der Waals surface area contributed by atoms with Gasteiger partial charge in [0.05, 0.1) is 0 Å². The first-order chi connectivity index (χ1) is 3.41. The normalized spacial score (nSPS) is 7.09. The molecule has 0 aromatic heterocycles. The van der Waals surface area contributed by atoms with Gasteiger partial charge in [-0.2, -0.15) is 0 Å². The minimum atomic E-state index is -0.250. The summed E-state index contributed by atoms with van der Waals surface area (Å²) >= 11 is 0. The zero-order valence-electron chi connectivity index (χ0n) is 7.83. The predicted molar refractivity (Wildman–Crippen MR) is 43.0 cm³/mol. The van der Waals surface area contributed by atoms with E-state index in [0.29, 0.717) is 0 Å². The second kappa shape index (κ2) is 17.7. The fourth-order valence-electron chi connectivity index (χ4n) is 0. The molecule has 0 heterocycles. The average molecular weight is 293 g/mol. The van der Waals surface area contributed by atoms with Crippen LogP contribution in [0.1, 0.15) is 20.8 Å². The summed E-state index contributed by atoms with van der Waals surface area (Å²) in [6, 6.07) is 0. The van der Waals surface area contributed by atoms with Gasteiger partial charge in [-0.3, -0.25) is 0 Å². The quantitative estimate of drug-likeness (QED) is 0.412. The van der Waals surface area contributed by atoms with Gasteiger partial charge in [-0.15, -0.1) is 5.54 Å². The van der Waals surface area contributed by atoms with E-state index in [-0.39, 0.29) is 56.6 Å². The average Bonchev–Trinajstić information content (AvgIpc) is 1.27. The van der Waals surface area contributed by atoms with E-state index in [1.54, 1.807) is 0 Å². The van der Waals surface area contributed by atoms with Crippen LogP contribution in [0.2, 0.25) is 13.1 Å². The summed E-state index contributed by atoms with van der Waals surface area (Å²) < 4.78 is 0. The topological polar surface area (TPSA) is 23.8 Å². The van der Waals surface area contributed by atoms with Crippen molar-refractivity contribution < 1.29 is 51.0 Å². The Morgan fingerprint density at radius 2 is 1.00 bits per heavy atom. The molecule has 1 N–H and O–H groups in total. The van der Waals surface area contributed by atoms with Gasteiger partial charge in [0.25, 0.3) is 0 Å². The molecule has 0 aromatic rings. The summed E-state index contributed by atoms with van der Waals surface area (Å²) in [5, 5.41) is 0. The maximum absolute atomic E-state index is 6.94. The van der Waals surface area contributed by atoms with Gasteiger partial charge in [0.1, 0.15) is 0 Å². The van der Waals surface area contributed by atoms with Crippen molar-refractivity contribution in [2.45, 2.75) is 39.4 Å². The first kappa shape index (κ1) is 29.3. The Labute approximate surface area is 105 Å². The van der Waals surface area contributed by atoms with Crippen LogP contribution in [0.3, 0.4) is 0 Å². The third kappa shape index (κ3) is 402. The van der Waals surface area contributed by atoms with Crippen LogP contribution in [0.4, 0.5) is 0 Å². The summed E-state index contributed by atoms with van der Waals surface area (Å²) in [7, 11) is 0.750. The third-order valence-electron chi connectivity index (χ3n) is 0. The van der Waals surface area contributed by atoms with Crippen molar-refractivity contribution in [1.82, 2.24) is 0 Å². The second-order valence-electron chi connectivity index (χ2n) is 2.83. The van der Waals surface area contributed by atoms with E-state index in [9.17, 15) is 0 Å². The second-order valence-corrected chi connectivity index (χ2v) is 3.98. The molecule has 0 aliphatic heterocycles. The van der Waals surface area contributed by atoms with Crippen LogP contribution in [0.25, 0.3) is 5.73 Å². The Bertz CT molecular complexity index is 44.3. The predicted octanol–water partition coefficient (Wildman–Crippen LogP) is -3.64. The molecule has 68 valence electrons. The van der Waals surface area contributed by atoms with Gasteiger partial charge in [0, 0.05) is 9.52 Å². The fraction of sp³-hybridized carbons (Fsp3) is 1.00. The molecular formula is C6H17Cl2NSiZr. The van der Waals surface area contributed by atoms with Crippen molar-refractivity contribution in [2.24, 2.45) is 0 Å². The van der Waals surface area contributed by atoms with E-state index in [4.69, 9.17) is 5.73 Å². The third-order valence-corrected chi connectivity index (χ3v) is 0. The standard InChI is InChI=1S/C4H10N.C2H7Si.2ClH.Zr/c1-4(2,3)5;1-3-2;;;/h5H,1-3H3;3H,1-2H3;2*1H;/q-1;;;;+3/p-2. The summed E-state index contributed by atoms with van der Waals surface area (Å²) in [6.07, 6.45) is 0. The summed E-state index contributed by atoms with van der Waals surface area (Å²) in [4.78, 5) is 0. The van der Waals surface area contributed by atoms with E-state index >= 15 is 0 Å². The maximum atomic E-state index is 6.94. The Hall–Kier alpha value is 1.64. The number of nitrogens with one attached hydrogen (secondary N) is 1. The molecule has 0 unspecified atom stereocenters. The monoisotopic (exact) mass is 291 g/mol. The van der Waals surface area contributed by atoms with Crippen LogP contribution in [-0.4, -0.2) is 15.1 Å². The molecule has 0 aliphatic rings. The molecule has 0 spiro atoms. The molecule has 0 saturated heterocycles. The molecule has 0 aromatic carbocycles. The Balaban J connectivity index is -0.0000000183. The first-order valence-electron chi connectivity index (χ1n) is 2.90. The van der Waals surface area contributed by atoms with Crippen LogP contribution in [0, 0.1) is 0 Å². The molecule has 2 radical (unpaired) electrons. The van der Waals surface area contributed by atoms with E-state index < -0.39 is 0 Å². The Morgan fingerprint density at radius 1 is 1.00 bits per heavy atom. The van der Waals surface area contributed by atoms with Crippen LogP contribution in [0.5, 0.6) is 0 Å². The van der Waals surface area contributed by atoms with E-state index in [1.807, 2.05) is 20.8 Å². The summed E-state index contributed by atoms with van der Waals surface area (Å²) in [6.45, 7) is 9.98. The molecule has 1 nitrogen and oxygen atoms in total. The SMILES string of the molecule is CC(C)(C)[NH-].C[SiH]C.[Cl-].[Cl-].[Zr+3]. The smallest absolute Gasteiger partial charge is 1.00 e. The fourth-order valence-corrected chi connectivity index (χ4v) is 0. The van der Waals surface area contributed by atoms with Gasteiger partial charge in [-0.1, -0.05) is 33.9 Å². The Morgan fingerprint density at radius 3 is 1.00 bits per heavy atom. The van der Waals surface area contributed by atoms with Crippen LogP contribution in [0.15, 0.2) is 0 Å². The zero-order valence-corrected chi connectivity index (χ0v) is 13.0. The molecule has 0 atom stereocenters. The van der Waals surface area contributed by atoms with Crippen LogP contribution < -0.4 is 24.8 Å². The largest absolute Gasteiger partial charge is 3.00 e. The van der Waals surface area contributed by atoms with Crippen molar-refractivity contribution in [2.75, 3.05) is 0 Å². The van der Waals surface area contributed by atoms with E-state index in [0.717, 1.165) is 9.52 Å². The first-order valence-corrected chi connectivity index (χ1v) is 5.21. The van der Waals surface area contributed by atoms with Gasteiger partial charge in [0.15, 0.2) is 0 Å². The Kier molecular flexibility index (Phi) is 47.1. The number of halogens is 2. The van der Waals surface area contributed by atoms with Gasteiger partial charge in [0.2, 0.25) is 0 Å². The van der Waals surface area contributed by atoms with Crippen molar-refractivity contribution in [3.8, 4) is 0 Å². The summed E-state index contributed by atoms with van der Waals surface area (Å²) in [5.74, 6) is 0. The molecule has 0 rings (SSSR count). The van der Waals surface area contributed by atoms with Crippen molar-refractivity contribution >= 4 is 9.52 Å². The van der Waals surface area contributed by atoms with Crippen LogP contribution >= 0.6 is 0 Å². The van der Waals surface area contributed by atoms with Gasteiger partial charge < -0.3 is 30.5 Å². The number of rotatable bonds is 0. The molecule has 0 aliphatic carbocycles. The molecule has 0 bridgehead atoms. The summed E-state index contributed by atoms with van der Waals surface area (Å²) in [5.41, 5.74) is 6.69. The maximum Gasteiger partial charge on any atom is 3.00 e. The van der Waals surface area contributed by atoms with Crippen molar-refractivity contribution in [3.63, 3.8) is 0 Å². The molecule has 0 saturated carbocycles. The van der Waals surface area contributed by atoms with Crippen molar-refractivity contribution in [3.05, 3.63) is 5.73 Å².